The first kappa shape index (κ1) is 9.27. The zero-order valence-corrected chi connectivity index (χ0v) is 8.99. The molecule has 2 aliphatic heterocycles. The van der Waals surface area contributed by atoms with Crippen LogP contribution >= 0.6 is 0 Å². The Hall–Kier alpha value is -1.97. The first-order chi connectivity index (χ1) is 7.78. The number of methoxy groups -OCH3 is 1. The van der Waals surface area contributed by atoms with Crippen LogP contribution in [-0.2, 0) is 4.79 Å². The number of amides is 1. The largest absolute Gasteiger partial charge is 0.497 e. The van der Waals surface area contributed by atoms with Crippen LogP contribution in [0.1, 0.15) is 5.56 Å². The molecule has 3 rings (SSSR count). The number of nitrogens with zero attached hydrogens (tertiary/aromatic N) is 1. The minimum absolute atomic E-state index is 0.0296. The number of rotatable bonds is 1. The minimum Gasteiger partial charge on any atom is -0.497 e. The summed E-state index contributed by atoms with van der Waals surface area (Å²) in [5.74, 6) is 0.796. The molecule has 82 valence electrons. The van der Waals surface area contributed by atoms with E-state index in [0.717, 1.165) is 29.2 Å². The van der Waals surface area contributed by atoms with Crippen molar-refractivity contribution in [3.05, 3.63) is 23.8 Å². The predicted octanol–water partition coefficient (Wildman–Crippen LogP) is 1.48. The normalized spacial score (nSPS) is 16.8. The number of hydrogen-bond acceptors (Lipinski definition) is 3. The van der Waals surface area contributed by atoms with Gasteiger partial charge in [-0.3, -0.25) is 4.79 Å². The van der Waals surface area contributed by atoms with Crippen molar-refractivity contribution in [2.24, 2.45) is 0 Å². The van der Waals surface area contributed by atoms with Crippen LogP contribution in [-0.4, -0.2) is 26.1 Å². The summed E-state index contributed by atoms with van der Waals surface area (Å²) in [5.41, 5.74) is 3.04. The van der Waals surface area contributed by atoms with Gasteiger partial charge in [0.2, 0.25) is 5.91 Å². The summed E-state index contributed by atoms with van der Waals surface area (Å²) in [7, 11) is 1.63. The van der Waals surface area contributed by atoms with E-state index in [1.54, 1.807) is 7.11 Å². The van der Waals surface area contributed by atoms with Gasteiger partial charge < -0.3 is 15.0 Å². The van der Waals surface area contributed by atoms with Gasteiger partial charge in [0.15, 0.2) is 0 Å². The molecule has 0 spiro atoms. The second-order valence-corrected chi connectivity index (χ2v) is 3.94. The molecule has 0 fully saturated rings. The van der Waals surface area contributed by atoms with Crippen molar-refractivity contribution in [3.63, 3.8) is 0 Å². The lowest BCUT2D eigenvalue weighted by atomic mass is 10.0. The summed E-state index contributed by atoms with van der Waals surface area (Å²) >= 11 is 0. The lowest BCUT2D eigenvalue weighted by molar-refractivity contribution is -0.115. The summed E-state index contributed by atoms with van der Waals surface area (Å²) in [5, 5.41) is 2.88. The topological polar surface area (TPSA) is 41.6 Å². The molecule has 1 amide bonds. The molecule has 0 aromatic heterocycles. The summed E-state index contributed by atoms with van der Waals surface area (Å²) in [6, 6.07) is 3.85. The van der Waals surface area contributed by atoms with Crippen LogP contribution in [0.5, 0.6) is 5.75 Å². The van der Waals surface area contributed by atoms with Crippen molar-refractivity contribution in [3.8, 4) is 5.75 Å². The van der Waals surface area contributed by atoms with Gasteiger partial charge in [-0.25, -0.2) is 0 Å². The van der Waals surface area contributed by atoms with E-state index in [2.05, 4.69) is 22.4 Å². The zero-order chi connectivity index (χ0) is 11.1. The molecule has 0 atom stereocenters. The Bertz CT molecular complexity index is 494. The van der Waals surface area contributed by atoms with E-state index < -0.39 is 0 Å². The number of carbonyl (C=O) groups is 1. The van der Waals surface area contributed by atoms with Gasteiger partial charge in [0.1, 0.15) is 5.75 Å². The third-order valence-corrected chi connectivity index (χ3v) is 2.90. The molecule has 0 saturated carbocycles. The Morgan fingerprint density at radius 1 is 1.44 bits per heavy atom. The smallest absolute Gasteiger partial charge is 0.243 e. The van der Waals surface area contributed by atoms with Crippen molar-refractivity contribution in [2.45, 2.75) is 0 Å². The van der Waals surface area contributed by atoms with E-state index in [1.165, 1.54) is 0 Å². The molecule has 2 aliphatic rings. The van der Waals surface area contributed by atoms with Crippen molar-refractivity contribution in [2.75, 3.05) is 30.4 Å². The maximum absolute atomic E-state index is 11.5. The van der Waals surface area contributed by atoms with Crippen molar-refractivity contribution in [1.82, 2.24) is 0 Å². The van der Waals surface area contributed by atoms with Gasteiger partial charge in [0, 0.05) is 18.2 Å². The van der Waals surface area contributed by atoms with Gasteiger partial charge in [-0.15, -0.1) is 0 Å². The maximum Gasteiger partial charge on any atom is 0.243 e. The predicted molar refractivity (Wildman–Crippen MR) is 62.9 cm³/mol. The standard InChI is InChI=1S/C12H12N2O2/c1-16-9-5-8-3-2-4-14-7-11(15)13-10(6-9)12(8)14/h2-3,5-6H,4,7H2,1H3,(H,13,15). The van der Waals surface area contributed by atoms with Crippen molar-refractivity contribution in [1.29, 1.82) is 0 Å². The van der Waals surface area contributed by atoms with Gasteiger partial charge in [0.05, 0.1) is 25.0 Å². The third kappa shape index (κ3) is 1.26. The highest BCUT2D eigenvalue weighted by Crippen LogP contribution is 2.39. The highest BCUT2D eigenvalue weighted by molar-refractivity contribution is 6.04. The number of benzene rings is 1. The molecule has 0 radical (unpaired) electrons. The second kappa shape index (κ2) is 3.27. The summed E-state index contributed by atoms with van der Waals surface area (Å²) in [6.45, 7) is 1.22. The van der Waals surface area contributed by atoms with Gasteiger partial charge in [-0.2, -0.15) is 0 Å². The molecule has 4 nitrogen and oxygen atoms in total. The fraction of sp³-hybridized carbons (Fsp3) is 0.250. The number of ether oxygens (including phenoxy) is 1. The van der Waals surface area contributed by atoms with Crippen LogP contribution in [0.4, 0.5) is 11.4 Å². The summed E-state index contributed by atoms with van der Waals surface area (Å²) < 4.78 is 5.21. The first-order valence-electron chi connectivity index (χ1n) is 5.21. The summed E-state index contributed by atoms with van der Waals surface area (Å²) in [4.78, 5) is 13.6. The van der Waals surface area contributed by atoms with Crippen LogP contribution in [0.15, 0.2) is 18.2 Å². The van der Waals surface area contributed by atoms with Gasteiger partial charge in [0.25, 0.3) is 0 Å². The number of hydrogen-bond donors (Lipinski definition) is 1. The van der Waals surface area contributed by atoms with Gasteiger partial charge in [-0.05, 0) is 6.07 Å². The van der Waals surface area contributed by atoms with E-state index in [-0.39, 0.29) is 5.91 Å². The average Bonchev–Trinajstić information content (AvgIpc) is 2.28. The van der Waals surface area contributed by atoms with Crippen LogP contribution in [0, 0.1) is 0 Å². The fourth-order valence-electron chi connectivity index (χ4n) is 2.23. The van der Waals surface area contributed by atoms with Crippen LogP contribution < -0.4 is 15.0 Å². The molecule has 1 aromatic carbocycles. The monoisotopic (exact) mass is 216 g/mol. The average molecular weight is 216 g/mol. The third-order valence-electron chi connectivity index (χ3n) is 2.90. The molecule has 1 N–H and O–H groups in total. The molecule has 0 bridgehead atoms. The van der Waals surface area contributed by atoms with Crippen molar-refractivity contribution < 1.29 is 9.53 Å². The lowest BCUT2D eigenvalue weighted by Gasteiger charge is -2.33. The Balaban J connectivity index is 2.21. The molecule has 1 aromatic rings. The number of anilines is 2. The van der Waals surface area contributed by atoms with Crippen LogP contribution in [0.3, 0.4) is 0 Å². The zero-order valence-electron chi connectivity index (χ0n) is 8.99. The molecular weight excluding hydrogens is 204 g/mol. The van der Waals surface area contributed by atoms with Gasteiger partial charge >= 0.3 is 0 Å². The number of carbonyl (C=O) groups excluding carboxylic acids is 1. The molecule has 16 heavy (non-hydrogen) atoms. The Morgan fingerprint density at radius 2 is 2.31 bits per heavy atom. The number of nitrogens with one attached hydrogen (secondary N) is 1. The van der Waals surface area contributed by atoms with E-state index in [0.29, 0.717) is 6.54 Å². The van der Waals surface area contributed by atoms with E-state index in [9.17, 15) is 4.79 Å². The lowest BCUT2D eigenvalue weighted by Crippen LogP contribution is -2.39. The van der Waals surface area contributed by atoms with E-state index in [4.69, 9.17) is 4.74 Å². The highest BCUT2D eigenvalue weighted by atomic mass is 16.5. The fourth-order valence-corrected chi connectivity index (χ4v) is 2.23. The SMILES string of the molecule is COc1cc2c3c(c1)NC(=O)CN3CC=C2. The maximum atomic E-state index is 11.5. The molecule has 0 aliphatic carbocycles. The Labute approximate surface area is 93.5 Å². The van der Waals surface area contributed by atoms with Crippen LogP contribution in [0.25, 0.3) is 6.08 Å². The minimum atomic E-state index is 0.0296. The Morgan fingerprint density at radius 3 is 3.12 bits per heavy atom. The molecule has 0 saturated heterocycles. The quantitative estimate of drug-likeness (QED) is 0.773. The summed E-state index contributed by atoms with van der Waals surface area (Å²) in [6.07, 6.45) is 4.12. The first-order valence-corrected chi connectivity index (χ1v) is 5.21. The highest BCUT2D eigenvalue weighted by Gasteiger charge is 2.25. The second-order valence-electron chi connectivity index (χ2n) is 3.94. The molecule has 4 heteroatoms. The van der Waals surface area contributed by atoms with Gasteiger partial charge in [-0.1, -0.05) is 12.2 Å². The van der Waals surface area contributed by atoms with E-state index in [1.807, 2.05) is 12.1 Å². The van der Waals surface area contributed by atoms with Crippen molar-refractivity contribution >= 4 is 23.4 Å². The molecule has 0 unspecified atom stereocenters. The van der Waals surface area contributed by atoms with E-state index >= 15 is 0 Å². The molecule has 2 heterocycles. The Kier molecular flexibility index (Phi) is 1.89. The van der Waals surface area contributed by atoms with Crippen LogP contribution in [0.2, 0.25) is 0 Å². The molecular formula is C12H12N2O2.